The summed E-state index contributed by atoms with van der Waals surface area (Å²) in [6, 6.07) is 13.4. The lowest BCUT2D eigenvalue weighted by Crippen LogP contribution is -2.46. The maximum Gasteiger partial charge on any atom is 0.410 e. The molecule has 220 valence electrons. The average molecular weight is 572 g/mol. The van der Waals surface area contributed by atoms with Gasteiger partial charge in [-0.15, -0.1) is 5.10 Å². The predicted molar refractivity (Wildman–Crippen MR) is 158 cm³/mol. The Bertz CT molecular complexity index is 1560. The summed E-state index contributed by atoms with van der Waals surface area (Å²) in [5.41, 5.74) is 4.52. The molecule has 2 saturated heterocycles. The zero-order chi connectivity index (χ0) is 29.3. The highest BCUT2D eigenvalue weighted by molar-refractivity contribution is 6.00. The second-order valence-corrected chi connectivity index (χ2v) is 12.1. The van der Waals surface area contributed by atoms with Crippen molar-refractivity contribution in [3.05, 3.63) is 59.8 Å². The first-order valence-corrected chi connectivity index (χ1v) is 14.6. The van der Waals surface area contributed by atoms with Crippen LogP contribution < -0.4 is 5.32 Å². The molecule has 0 saturated carbocycles. The molecule has 2 aliphatic rings. The van der Waals surface area contributed by atoms with Crippen LogP contribution in [0.2, 0.25) is 0 Å². The van der Waals surface area contributed by atoms with Crippen molar-refractivity contribution in [1.82, 2.24) is 35.4 Å². The zero-order valence-electron chi connectivity index (χ0n) is 24.3. The second-order valence-electron chi connectivity index (χ2n) is 12.1. The molecule has 4 heterocycles. The summed E-state index contributed by atoms with van der Waals surface area (Å²) in [4.78, 5) is 27.0. The van der Waals surface area contributed by atoms with Gasteiger partial charge >= 0.3 is 6.09 Å². The maximum absolute atomic E-state index is 12.8. The van der Waals surface area contributed by atoms with Crippen LogP contribution in [0.1, 0.15) is 49.5 Å². The second kappa shape index (κ2) is 11.7. The van der Waals surface area contributed by atoms with E-state index in [1.54, 1.807) is 4.68 Å². The highest BCUT2D eigenvalue weighted by Gasteiger charge is 2.27. The number of fused-ring (bicyclic) bond motifs is 1. The summed E-state index contributed by atoms with van der Waals surface area (Å²) < 4.78 is 12.7. The highest BCUT2D eigenvalue weighted by atomic mass is 16.6. The molecule has 1 unspecified atom stereocenters. The number of aromatic amines is 1. The Morgan fingerprint density at radius 3 is 2.60 bits per heavy atom. The number of benzene rings is 2. The molecule has 0 bridgehead atoms. The van der Waals surface area contributed by atoms with E-state index < -0.39 is 5.60 Å². The van der Waals surface area contributed by atoms with Crippen LogP contribution in [0.3, 0.4) is 0 Å². The Balaban J connectivity index is 1.12. The molecule has 2 aromatic heterocycles. The van der Waals surface area contributed by atoms with Gasteiger partial charge in [-0.3, -0.25) is 9.89 Å². The molecule has 0 aliphatic carbocycles. The molecule has 1 amide bonds. The smallest absolute Gasteiger partial charge is 0.410 e. The lowest BCUT2D eigenvalue weighted by Gasteiger charge is -2.33. The van der Waals surface area contributed by atoms with Crippen LogP contribution in [0.15, 0.2) is 48.7 Å². The summed E-state index contributed by atoms with van der Waals surface area (Å²) in [6.07, 6.45) is 4.44. The van der Waals surface area contributed by atoms with E-state index in [0.29, 0.717) is 50.0 Å². The number of nitrogens with zero attached hydrogens (tertiary/aromatic N) is 5. The molecule has 2 fully saturated rings. The van der Waals surface area contributed by atoms with Gasteiger partial charge in [0.05, 0.1) is 36.7 Å². The molecule has 4 aromatic rings. The maximum atomic E-state index is 12.8. The van der Waals surface area contributed by atoms with Crippen LogP contribution >= 0.6 is 0 Å². The van der Waals surface area contributed by atoms with Crippen LogP contribution in [0.5, 0.6) is 0 Å². The lowest BCUT2D eigenvalue weighted by atomic mass is 9.90. The number of hydrogen-bond acceptors (Lipinski definition) is 8. The van der Waals surface area contributed by atoms with Crippen molar-refractivity contribution < 1.29 is 19.1 Å². The Hall–Kier alpha value is -4.09. The number of amides is 1. The number of H-pyrrole nitrogens is 1. The number of carbonyl (C=O) groups is 2. The number of morpholine rings is 1. The van der Waals surface area contributed by atoms with E-state index in [2.05, 4.69) is 44.0 Å². The van der Waals surface area contributed by atoms with Crippen LogP contribution in [-0.2, 0) is 15.9 Å². The molecule has 2 N–H and O–H groups in total. The van der Waals surface area contributed by atoms with Crippen molar-refractivity contribution in [2.75, 3.05) is 32.8 Å². The minimum absolute atomic E-state index is 0.0212. The molecule has 11 heteroatoms. The minimum Gasteiger partial charge on any atom is -0.444 e. The summed E-state index contributed by atoms with van der Waals surface area (Å²) >= 11 is 0. The normalized spacial score (nSPS) is 18.4. The predicted octanol–water partition coefficient (Wildman–Crippen LogP) is 4.17. The van der Waals surface area contributed by atoms with E-state index in [9.17, 15) is 9.59 Å². The zero-order valence-corrected chi connectivity index (χ0v) is 24.3. The molecular formula is C31H37N7O4. The molecule has 6 rings (SSSR count). The number of ketones is 1. The molecule has 2 aliphatic heterocycles. The molecule has 0 spiro atoms. The monoisotopic (exact) mass is 571 g/mol. The van der Waals surface area contributed by atoms with E-state index in [1.807, 2.05) is 56.1 Å². The third-order valence-corrected chi connectivity index (χ3v) is 7.81. The SMILES string of the molecule is CC(C)(C)OC(=O)N1CCC(Cc2ccc3[nH]nc(-c4cn(-c5ccc(C(=O)C6COCCN6)cc5)nn4)c3c2)CC1. The first kappa shape index (κ1) is 28.0. The van der Waals surface area contributed by atoms with Crippen LogP contribution in [-0.4, -0.2) is 86.5 Å². The third kappa shape index (κ3) is 6.22. The quantitative estimate of drug-likeness (QED) is 0.330. The number of piperidine rings is 1. The average Bonchev–Trinajstić information content (AvgIpc) is 3.64. The topological polar surface area (TPSA) is 127 Å². The summed E-state index contributed by atoms with van der Waals surface area (Å²) in [5, 5.41) is 20.6. The van der Waals surface area contributed by atoms with Gasteiger partial charge in [0.2, 0.25) is 0 Å². The molecular weight excluding hydrogens is 534 g/mol. The molecule has 11 nitrogen and oxygen atoms in total. The van der Waals surface area contributed by atoms with Gasteiger partial charge in [0, 0.05) is 30.6 Å². The van der Waals surface area contributed by atoms with Gasteiger partial charge in [0.1, 0.15) is 17.0 Å². The van der Waals surface area contributed by atoms with E-state index in [0.717, 1.165) is 41.5 Å². The number of rotatable bonds is 6. The first-order valence-electron chi connectivity index (χ1n) is 14.6. The molecule has 42 heavy (non-hydrogen) atoms. The van der Waals surface area contributed by atoms with Crippen LogP contribution in [0, 0.1) is 5.92 Å². The fraction of sp³-hybridized carbons (Fsp3) is 0.452. The fourth-order valence-corrected chi connectivity index (χ4v) is 5.57. The van der Waals surface area contributed by atoms with Crippen molar-refractivity contribution >= 4 is 22.8 Å². The van der Waals surface area contributed by atoms with Gasteiger partial charge in [0.25, 0.3) is 0 Å². The molecule has 1 atom stereocenters. The largest absolute Gasteiger partial charge is 0.444 e. The highest BCUT2D eigenvalue weighted by Crippen LogP contribution is 2.29. The number of likely N-dealkylation sites (tertiary alicyclic amines) is 1. The Morgan fingerprint density at radius 1 is 1.10 bits per heavy atom. The van der Waals surface area contributed by atoms with E-state index in [4.69, 9.17) is 9.47 Å². The van der Waals surface area contributed by atoms with Gasteiger partial charge in [-0.2, -0.15) is 5.10 Å². The fourth-order valence-electron chi connectivity index (χ4n) is 5.57. The van der Waals surface area contributed by atoms with E-state index in [1.165, 1.54) is 5.56 Å². The van der Waals surface area contributed by atoms with Gasteiger partial charge in [-0.1, -0.05) is 11.3 Å². The minimum atomic E-state index is -0.482. The number of aromatic nitrogens is 5. The number of Topliss-reactive ketones (excluding diaryl/α,β-unsaturated/α-hetero) is 1. The van der Waals surface area contributed by atoms with Gasteiger partial charge in [0.15, 0.2) is 5.78 Å². The van der Waals surface area contributed by atoms with Gasteiger partial charge in [-0.25, -0.2) is 9.48 Å². The van der Waals surface area contributed by atoms with E-state index >= 15 is 0 Å². The van der Waals surface area contributed by atoms with Crippen molar-refractivity contribution in [2.45, 2.75) is 51.7 Å². The first-order chi connectivity index (χ1) is 20.2. The summed E-state index contributed by atoms with van der Waals surface area (Å²) in [5.74, 6) is 0.515. The lowest BCUT2D eigenvalue weighted by molar-refractivity contribution is 0.0184. The van der Waals surface area contributed by atoms with Crippen molar-refractivity contribution in [2.24, 2.45) is 5.92 Å². The summed E-state index contributed by atoms with van der Waals surface area (Å²) in [7, 11) is 0. The van der Waals surface area contributed by atoms with Gasteiger partial charge in [-0.05, 0) is 87.9 Å². The number of carbonyl (C=O) groups excluding carboxylic acids is 2. The Labute approximate surface area is 244 Å². The van der Waals surface area contributed by atoms with E-state index in [-0.39, 0.29) is 17.9 Å². The number of nitrogens with one attached hydrogen (secondary N) is 2. The van der Waals surface area contributed by atoms with Crippen LogP contribution in [0.4, 0.5) is 4.79 Å². The molecule has 2 aromatic carbocycles. The Kier molecular flexibility index (Phi) is 7.78. The number of hydrogen-bond donors (Lipinski definition) is 2. The standard InChI is InChI=1S/C31H37N7O4/c1-31(2,3)42-30(40)37-13-10-20(11-14-37)16-21-4-9-25-24(17-21)28(35-33-25)26-18-38(36-34-26)23-7-5-22(6-8-23)29(39)27-19-41-15-12-32-27/h4-9,17-18,20,27,32H,10-16,19H2,1-3H3,(H,33,35). The van der Waals surface area contributed by atoms with Crippen molar-refractivity contribution in [3.8, 4) is 17.1 Å². The third-order valence-electron chi connectivity index (χ3n) is 7.81. The van der Waals surface area contributed by atoms with Crippen LogP contribution in [0.25, 0.3) is 28.0 Å². The van der Waals surface area contributed by atoms with Crippen molar-refractivity contribution in [1.29, 1.82) is 0 Å². The summed E-state index contributed by atoms with van der Waals surface area (Å²) in [6.45, 7) is 8.80. The number of ether oxygens (including phenoxy) is 2. The molecule has 0 radical (unpaired) electrons. The van der Waals surface area contributed by atoms with Gasteiger partial charge < -0.3 is 19.7 Å². The van der Waals surface area contributed by atoms with Crippen molar-refractivity contribution in [3.63, 3.8) is 0 Å². The Morgan fingerprint density at radius 2 is 1.88 bits per heavy atom.